The van der Waals surface area contributed by atoms with E-state index in [1.807, 2.05) is 11.8 Å². The van der Waals surface area contributed by atoms with Crippen LogP contribution < -0.4 is 11.1 Å². The molecule has 1 heterocycles. The van der Waals surface area contributed by atoms with Gasteiger partial charge in [0, 0.05) is 17.5 Å². The standard InChI is InChI=1S/C12H20BrN3S/c1-4-12(5-2,17-3)8-16-11-9(13)6-15-7-10(11)14/h6-7H,4-5,8,14H2,1-3H3,(H,15,16). The average molecular weight is 318 g/mol. The Hall–Kier alpha value is -0.420. The van der Waals surface area contributed by atoms with Crippen LogP contribution in [-0.2, 0) is 0 Å². The van der Waals surface area contributed by atoms with Crippen molar-refractivity contribution in [3.8, 4) is 0 Å². The zero-order valence-corrected chi connectivity index (χ0v) is 13.0. The first-order chi connectivity index (χ1) is 8.08. The normalized spacial score (nSPS) is 11.5. The molecule has 1 rings (SSSR count). The van der Waals surface area contributed by atoms with Crippen LogP contribution >= 0.6 is 27.7 Å². The molecule has 0 radical (unpaired) electrons. The molecule has 0 amide bonds. The van der Waals surface area contributed by atoms with Gasteiger partial charge in [-0.05, 0) is 35.0 Å². The van der Waals surface area contributed by atoms with Crippen molar-refractivity contribution in [1.29, 1.82) is 0 Å². The van der Waals surface area contributed by atoms with E-state index < -0.39 is 0 Å². The molecule has 0 unspecified atom stereocenters. The molecule has 96 valence electrons. The Bertz CT molecular complexity index is 338. The second-order valence-electron chi connectivity index (χ2n) is 4.03. The molecule has 0 aliphatic carbocycles. The number of hydrogen-bond donors (Lipinski definition) is 2. The number of thioether (sulfide) groups is 1. The fourth-order valence-electron chi connectivity index (χ4n) is 1.75. The van der Waals surface area contributed by atoms with E-state index in [4.69, 9.17) is 5.73 Å². The molecule has 5 heteroatoms. The third-order valence-electron chi connectivity index (χ3n) is 3.24. The SMILES string of the molecule is CCC(CC)(CNc1c(N)cncc1Br)SC. The highest BCUT2D eigenvalue weighted by atomic mass is 79.9. The van der Waals surface area contributed by atoms with Crippen molar-refractivity contribution in [3.63, 3.8) is 0 Å². The smallest absolute Gasteiger partial charge is 0.0750 e. The third-order valence-corrected chi connectivity index (χ3v) is 5.43. The van der Waals surface area contributed by atoms with Gasteiger partial charge in [-0.15, -0.1) is 0 Å². The summed E-state index contributed by atoms with van der Waals surface area (Å²) in [5.74, 6) is 0. The minimum absolute atomic E-state index is 0.273. The van der Waals surface area contributed by atoms with Crippen LogP contribution in [-0.4, -0.2) is 22.5 Å². The first-order valence-electron chi connectivity index (χ1n) is 5.76. The number of anilines is 2. The lowest BCUT2D eigenvalue weighted by Crippen LogP contribution is -2.32. The number of halogens is 1. The van der Waals surface area contributed by atoms with Gasteiger partial charge in [0.05, 0.1) is 22.0 Å². The minimum atomic E-state index is 0.273. The summed E-state index contributed by atoms with van der Waals surface area (Å²) < 4.78 is 1.19. The van der Waals surface area contributed by atoms with Gasteiger partial charge in [-0.2, -0.15) is 11.8 Å². The van der Waals surface area contributed by atoms with Crippen LogP contribution in [0.1, 0.15) is 26.7 Å². The van der Waals surface area contributed by atoms with Gasteiger partial charge in [0.15, 0.2) is 0 Å². The summed E-state index contributed by atoms with van der Waals surface area (Å²) in [6, 6.07) is 0. The Morgan fingerprint density at radius 1 is 1.41 bits per heavy atom. The molecule has 0 spiro atoms. The Morgan fingerprint density at radius 2 is 2.06 bits per heavy atom. The van der Waals surface area contributed by atoms with Crippen molar-refractivity contribution in [2.24, 2.45) is 0 Å². The number of pyridine rings is 1. The monoisotopic (exact) mass is 317 g/mol. The second kappa shape index (κ2) is 6.50. The van der Waals surface area contributed by atoms with Gasteiger partial charge in [0.1, 0.15) is 0 Å². The van der Waals surface area contributed by atoms with Crippen molar-refractivity contribution in [2.45, 2.75) is 31.4 Å². The summed E-state index contributed by atoms with van der Waals surface area (Å²) in [5, 5.41) is 3.44. The molecule has 0 saturated heterocycles. The molecule has 0 aliphatic heterocycles. The topological polar surface area (TPSA) is 50.9 Å². The van der Waals surface area contributed by atoms with Crippen LogP contribution in [0.2, 0.25) is 0 Å². The van der Waals surface area contributed by atoms with Gasteiger partial charge < -0.3 is 11.1 Å². The molecule has 0 aromatic carbocycles. The number of rotatable bonds is 6. The predicted molar refractivity (Wildman–Crippen MR) is 81.7 cm³/mol. The Kier molecular flexibility index (Phi) is 5.59. The van der Waals surface area contributed by atoms with E-state index in [9.17, 15) is 0 Å². The largest absolute Gasteiger partial charge is 0.396 e. The fourth-order valence-corrected chi connectivity index (χ4v) is 3.03. The van der Waals surface area contributed by atoms with E-state index in [1.54, 1.807) is 12.4 Å². The van der Waals surface area contributed by atoms with Gasteiger partial charge in [-0.3, -0.25) is 4.98 Å². The summed E-state index contributed by atoms with van der Waals surface area (Å²) in [6.45, 7) is 5.37. The van der Waals surface area contributed by atoms with Crippen LogP contribution in [0, 0.1) is 0 Å². The molecule has 3 nitrogen and oxygen atoms in total. The van der Waals surface area contributed by atoms with Crippen molar-refractivity contribution in [1.82, 2.24) is 4.98 Å². The zero-order valence-electron chi connectivity index (χ0n) is 10.6. The molecular formula is C12H20BrN3S. The average Bonchev–Trinajstić information content (AvgIpc) is 2.34. The molecule has 0 atom stereocenters. The van der Waals surface area contributed by atoms with E-state index in [2.05, 4.69) is 46.3 Å². The van der Waals surface area contributed by atoms with E-state index in [-0.39, 0.29) is 4.75 Å². The predicted octanol–water partition coefficient (Wildman–Crippen LogP) is 3.76. The summed E-state index contributed by atoms with van der Waals surface area (Å²) in [4.78, 5) is 4.03. The minimum Gasteiger partial charge on any atom is -0.396 e. The number of nitrogens with one attached hydrogen (secondary N) is 1. The first kappa shape index (κ1) is 14.6. The lowest BCUT2D eigenvalue weighted by atomic mass is 10.0. The molecule has 0 aliphatic rings. The maximum Gasteiger partial charge on any atom is 0.0750 e. The van der Waals surface area contributed by atoms with Crippen LogP contribution in [0.4, 0.5) is 11.4 Å². The number of aromatic nitrogens is 1. The van der Waals surface area contributed by atoms with Crippen LogP contribution in [0.15, 0.2) is 16.9 Å². The number of nitrogens with zero attached hydrogens (tertiary/aromatic N) is 1. The molecule has 17 heavy (non-hydrogen) atoms. The molecule has 0 bridgehead atoms. The summed E-state index contributed by atoms with van der Waals surface area (Å²) in [6.07, 6.45) is 7.88. The van der Waals surface area contributed by atoms with Crippen molar-refractivity contribution in [3.05, 3.63) is 16.9 Å². The fraction of sp³-hybridized carbons (Fsp3) is 0.583. The van der Waals surface area contributed by atoms with Crippen molar-refractivity contribution < 1.29 is 0 Å². The number of nitrogens with two attached hydrogens (primary N) is 1. The van der Waals surface area contributed by atoms with Gasteiger partial charge in [-0.25, -0.2) is 0 Å². The molecule has 1 aromatic rings. The van der Waals surface area contributed by atoms with Crippen LogP contribution in [0.5, 0.6) is 0 Å². The van der Waals surface area contributed by atoms with Crippen molar-refractivity contribution in [2.75, 3.05) is 23.9 Å². The quantitative estimate of drug-likeness (QED) is 0.838. The summed E-state index contributed by atoms with van der Waals surface area (Å²) >= 11 is 5.38. The first-order valence-corrected chi connectivity index (χ1v) is 7.78. The summed E-state index contributed by atoms with van der Waals surface area (Å²) in [5.41, 5.74) is 7.54. The van der Waals surface area contributed by atoms with E-state index in [0.717, 1.165) is 29.5 Å². The molecular weight excluding hydrogens is 298 g/mol. The maximum atomic E-state index is 5.91. The molecule has 0 saturated carbocycles. The third kappa shape index (κ3) is 3.52. The Morgan fingerprint density at radius 3 is 2.53 bits per heavy atom. The van der Waals surface area contributed by atoms with E-state index >= 15 is 0 Å². The van der Waals surface area contributed by atoms with E-state index in [1.165, 1.54) is 0 Å². The number of hydrogen-bond acceptors (Lipinski definition) is 4. The maximum absolute atomic E-state index is 5.91. The lowest BCUT2D eigenvalue weighted by molar-refractivity contribution is 0.574. The highest BCUT2D eigenvalue weighted by Gasteiger charge is 2.25. The van der Waals surface area contributed by atoms with Gasteiger partial charge >= 0.3 is 0 Å². The lowest BCUT2D eigenvalue weighted by Gasteiger charge is -2.30. The Balaban J connectivity index is 2.79. The highest BCUT2D eigenvalue weighted by Crippen LogP contribution is 2.33. The second-order valence-corrected chi connectivity index (χ2v) is 6.16. The van der Waals surface area contributed by atoms with E-state index in [0.29, 0.717) is 5.69 Å². The van der Waals surface area contributed by atoms with Gasteiger partial charge in [0.2, 0.25) is 0 Å². The number of nitrogen functional groups attached to an aromatic ring is 1. The highest BCUT2D eigenvalue weighted by molar-refractivity contribution is 9.10. The van der Waals surface area contributed by atoms with Gasteiger partial charge in [-0.1, -0.05) is 13.8 Å². The summed E-state index contributed by atoms with van der Waals surface area (Å²) in [7, 11) is 0. The van der Waals surface area contributed by atoms with Crippen LogP contribution in [0.3, 0.4) is 0 Å². The molecule has 3 N–H and O–H groups in total. The Labute approximate surface area is 116 Å². The van der Waals surface area contributed by atoms with Gasteiger partial charge in [0.25, 0.3) is 0 Å². The molecule has 0 fully saturated rings. The van der Waals surface area contributed by atoms with Crippen molar-refractivity contribution >= 4 is 39.1 Å². The van der Waals surface area contributed by atoms with Crippen LogP contribution in [0.25, 0.3) is 0 Å². The zero-order chi connectivity index (χ0) is 12.9. The molecule has 1 aromatic heterocycles.